The lowest BCUT2D eigenvalue weighted by atomic mass is 9.84. The van der Waals surface area contributed by atoms with E-state index in [9.17, 15) is 9.59 Å². The Kier molecular flexibility index (Phi) is 1.86. The number of nitrogens with zero attached hydrogens (tertiary/aromatic N) is 1. The smallest absolute Gasteiger partial charge is 0.284 e. The fourth-order valence-electron chi connectivity index (χ4n) is 2.31. The minimum atomic E-state index is -0.897. The monoisotopic (exact) mass is 230 g/mol. The van der Waals surface area contributed by atoms with Gasteiger partial charge in [-0.05, 0) is 12.2 Å². The van der Waals surface area contributed by atoms with E-state index in [1.54, 1.807) is 12.4 Å². The molecule has 0 fully saturated rings. The van der Waals surface area contributed by atoms with Gasteiger partial charge in [-0.2, -0.15) is 0 Å². The zero-order chi connectivity index (χ0) is 12.0. The summed E-state index contributed by atoms with van der Waals surface area (Å²) in [5.41, 5.74) is 6.24. The molecule has 0 radical (unpaired) electrons. The Hall–Kier alpha value is -2.17. The standard InChI is InChI=1S/C12H10N2O3/c13-11(16)9(15)1-3-12-4-2-10(17-12)7-5-14-6-8(7)12/h2,4-6H,1,3H2,(H2,13,16). The summed E-state index contributed by atoms with van der Waals surface area (Å²) in [5.74, 6) is -0.687. The molecule has 2 bridgehead atoms. The Morgan fingerprint density at radius 1 is 1.47 bits per heavy atom. The van der Waals surface area contributed by atoms with E-state index in [2.05, 4.69) is 4.99 Å². The van der Waals surface area contributed by atoms with Crippen LogP contribution < -0.4 is 5.73 Å². The van der Waals surface area contributed by atoms with Crippen LogP contribution in [0.5, 0.6) is 0 Å². The number of Topliss-reactive ketones (excluding diaryl/α,β-unsaturated/α-hetero) is 1. The van der Waals surface area contributed by atoms with Crippen LogP contribution in [-0.2, 0) is 14.3 Å². The van der Waals surface area contributed by atoms with Crippen molar-refractivity contribution in [3.8, 4) is 0 Å². The van der Waals surface area contributed by atoms with E-state index >= 15 is 0 Å². The van der Waals surface area contributed by atoms with Crippen molar-refractivity contribution >= 4 is 17.9 Å². The minimum Gasteiger partial charge on any atom is -0.478 e. The van der Waals surface area contributed by atoms with E-state index in [-0.39, 0.29) is 6.42 Å². The molecule has 0 saturated heterocycles. The average molecular weight is 230 g/mol. The third-order valence-electron chi connectivity index (χ3n) is 3.21. The predicted octanol–water partition coefficient (Wildman–Crippen LogP) is 0.382. The van der Waals surface area contributed by atoms with E-state index in [4.69, 9.17) is 10.5 Å². The van der Waals surface area contributed by atoms with Crippen LogP contribution in [0.3, 0.4) is 0 Å². The molecule has 3 aliphatic rings. The molecular weight excluding hydrogens is 220 g/mol. The number of rotatable bonds is 4. The molecular formula is C12H10N2O3. The minimum absolute atomic E-state index is 0.0809. The molecule has 3 aliphatic heterocycles. The lowest BCUT2D eigenvalue weighted by Gasteiger charge is -2.23. The van der Waals surface area contributed by atoms with Crippen LogP contribution >= 0.6 is 0 Å². The van der Waals surface area contributed by atoms with Crippen LogP contribution in [0.2, 0.25) is 0 Å². The van der Waals surface area contributed by atoms with Crippen LogP contribution in [0.4, 0.5) is 0 Å². The largest absolute Gasteiger partial charge is 0.478 e. The van der Waals surface area contributed by atoms with Gasteiger partial charge < -0.3 is 10.5 Å². The summed E-state index contributed by atoms with van der Waals surface area (Å²) >= 11 is 0. The number of nitrogens with two attached hydrogens (primary N) is 1. The van der Waals surface area contributed by atoms with Crippen molar-refractivity contribution in [2.24, 2.45) is 10.7 Å². The normalized spacial score (nSPS) is 27.2. The molecule has 3 rings (SSSR count). The van der Waals surface area contributed by atoms with Crippen molar-refractivity contribution in [1.29, 1.82) is 0 Å². The first-order valence-corrected chi connectivity index (χ1v) is 5.32. The third-order valence-corrected chi connectivity index (χ3v) is 3.21. The number of hydrogen-bond acceptors (Lipinski definition) is 4. The van der Waals surface area contributed by atoms with Gasteiger partial charge in [-0.1, -0.05) is 0 Å². The molecule has 1 unspecified atom stereocenters. The molecule has 5 nitrogen and oxygen atoms in total. The molecule has 0 spiro atoms. The summed E-state index contributed by atoms with van der Waals surface area (Å²) in [6.07, 6.45) is 7.75. The molecule has 86 valence electrons. The highest BCUT2D eigenvalue weighted by Crippen LogP contribution is 2.48. The first-order chi connectivity index (χ1) is 8.12. The van der Waals surface area contributed by atoms with Crippen LogP contribution in [-0.4, -0.2) is 23.5 Å². The van der Waals surface area contributed by atoms with Crippen molar-refractivity contribution in [1.82, 2.24) is 0 Å². The Morgan fingerprint density at radius 3 is 3.06 bits per heavy atom. The summed E-state index contributed by atoms with van der Waals surface area (Å²) in [4.78, 5) is 26.0. The first-order valence-electron chi connectivity index (χ1n) is 5.32. The molecule has 3 heterocycles. The van der Waals surface area contributed by atoms with E-state index < -0.39 is 17.3 Å². The lowest BCUT2D eigenvalue weighted by Crippen LogP contribution is -2.30. The van der Waals surface area contributed by atoms with E-state index in [0.29, 0.717) is 6.42 Å². The van der Waals surface area contributed by atoms with Gasteiger partial charge in [0.25, 0.3) is 5.91 Å². The number of carbonyl (C=O) groups excluding carboxylic acids is 2. The quantitative estimate of drug-likeness (QED) is 0.709. The molecule has 2 N–H and O–H groups in total. The van der Waals surface area contributed by atoms with E-state index in [1.807, 2.05) is 12.2 Å². The third kappa shape index (κ3) is 1.28. The first kappa shape index (κ1) is 10.0. The highest BCUT2D eigenvalue weighted by atomic mass is 16.5. The lowest BCUT2D eigenvalue weighted by molar-refractivity contribution is -0.136. The summed E-state index contributed by atoms with van der Waals surface area (Å²) in [7, 11) is 0. The van der Waals surface area contributed by atoms with E-state index in [0.717, 1.165) is 16.9 Å². The number of primary amides is 1. The van der Waals surface area contributed by atoms with Gasteiger partial charge in [-0.25, -0.2) is 0 Å². The highest BCUT2D eigenvalue weighted by molar-refractivity contribution is 6.35. The number of ketones is 1. The van der Waals surface area contributed by atoms with Crippen LogP contribution in [0, 0.1) is 0 Å². The summed E-state index contributed by atoms with van der Waals surface area (Å²) in [5, 5.41) is 0. The average Bonchev–Trinajstić information content (AvgIpc) is 2.97. The van der Waals surface area contributed by atoms with Crippen molar-refractivity contribution in [3.63, 3.8) is 0 Å². The van der Waals surface area contributed by atoms with E-state index in [1.165, 1.54) is 0 Å². The fraction of sp³-hybridized carbons (Fsp3) is 0.250. The topological polar surface area (TPSA) is 81.8 Å². The molecule has 0 aromatic rings. The molecule has 0 saturated carbocycles. The van der Waals surface area contributed by atoms with Gasteiger partial charge in [0.05, 0.1) is 0 Å². The molecule has 1 amide bonds. The molecule has 0 aromatic carbocycles. The SMILES string of the molecule is NC(=O)C(=O)CCC12C=CC(=C3C=NC=C31)O2. The number of amides is 1. The van der Waals surface area contributed by atoms with Crippen molar-refractivity contribution < 1.29 is 14.3 Å². The van der Waals surface area contributed by atoms with Gasteiger partial charge in [-0.3, -0.25) is 14.6 Å². The van der Waals surface area contributed by atoms with Gasteiger partial charge in [0.1, 0.15) is 5.76 Å². The Labute approximate surface area is 97.3 Å². The van der Waals surface area contributed by atoms with Crippen molar-refractivity contribution in [2.75, 3.05) is 0 Å². The Bertz CT molecular complexity index is 554. The number of hydrogen-bond donors (Lipinski definition) is 1. The van der Waals surface area contributed by atoms with Gasteiger partial charge >= 0.3 is 0 Å². The second-order valence-electron chi connectivity index (χ2n) is 4.21. The van der Waals surface area contributed by atoms with Gasteiger partial charge in [0.2, 0.25) is 5.78 Å². The van der Waals surface area contributed by atoms with Gasteiger partial charge in [0, 0.05) is 36.4 Å². The second kappa shape index (κ2) is 3.16. The molecule has 1 atom stereocenters. The summed E-state index contributed by atoms with van der Waals surface area (Å²) in [6, 6.07) is 0. The van der Waals surface area contributed by atoms with Crippen LogP contribution in [0.25, 0.3) is 0 Å². The maximum Gasteiger partial charge on any atom is 0.284 e. The van der Waals surface area contributed by atoms with Crippen molar-refractivity contribution in [2.45, 2.75) is 18.4 Å². The van der Waals surface area contributed by atoms with Crippen LogP contribution in [0.1, 0.15) is 12.8 Å². The zero-order valence-corrected chi connectivity index (χ0v) is 8.97. The number of ether oxygens (including phenoxy) is 1. The maximum absolute atomic E-state index is 11.2. The van der Waals surface area contributed by atoms with Crippen LogP contribution in [0.15, 0.2) is 40.2 Å². The second-order valence-corrected chi connectivity index (χ2v) is 4.21. The molecule has 5 heteroatoms. The number of aliphatic imine (C=N–C) groups is 1. The molecule has 17 heavy (non-hydrogen) atoms. The number of carbonyl (C=O) groups is 2. The van der Waals surface area contributed by atoms with Gasteiger partial charge in [0.15, 0.2) is 5.60 Å². The summed E-state index contributed by atoms with van der Waals surface area (Å²) < 4.78 is 5.76. The molecule has 0 aliphatic carbocycles. The van der Waals surface area contributed by atoms with Crippen molar-refractivity contribution in [3.05, 3.63) is 35.3 Å². The van der Waals surface area contributed by atoms with Gasteiger partial charge in [-0.15, -0.1) is 0 Å². The Balaban J connectivity index is 1.80. The Morgan fingerprint density at radius 2 is 2.29 bits per heavy atom. The highest BCUT2D eigenvalue weighted by Gasteiger charge is 2.47. The number of allylic oxidation sites excluding steroid dienone is 1. The molecule has 0 aromatic heterocycles. The fourth-order valence-corrected chi connectivity index (χ4v) is 2.31. The zero-order valence-electron chi connectivity index (χ0n) is 8.97. The number of fused-ring (bicyclic) bond motifs is 4. The maximum atomic E-state index is 11.2. The predicted molar refractivity (Wildman–Crippen MR) is 60.0 cm³/mol. The summed E-state index contributed by atoms with van der Waals surface area (Å²) in [6.45, 7) is 0.